The maximum absolute atomic E-state index is 5.75. The number of aryl methyl sites for hydroxylation is 2. The molecular formula is C16H21ClN4. The third kappa shape index (κ3) is 3.01. The van der Waals surface area contributed by atoms with Crippen LogP contribution in [-0.4, -0.2) is 16.5 Å². The van der Waals surface area contributed by atoms with Gasteiger partial charge < -0.3 is 10.6 Å². The summed E-state index contributed by atoms with van der Waals surface area (Å²) in [6.45, 7) is 6.38. The molecule has 2 heterocycles. The van der Waals surface area contributed by atoms with Crippen LogP contribution in [0.4, 0.5) is 5.95 Å². The molecule has 0 saturated heterocycles. The Hall–Kier alpha value is -1.65. The van der Waals surface area contributed by atoms with Crippen molar-refractivity contribution < 1.29 is 0 Å². The Balaban J connectivity index is 0.00000161. The molecule has 5 heteroatoms. The van der Waals surface area contributed by atoms with Crippen molar-refractivity contribution in [1.82, 2.24) is 9.97 Å². The second-order valence-electron chi connectivity index (χ2n) is 5.32. The minimum atomic E-state index is 0. The van der Waals surface area contributed by atoms with Crippen LogP contribution in [0, 0.1) is 13.8 Å². The van der Waals surface area contributed by atoms with Crippen LogP contribution in [0.5, 0.6) is 0 Å². The van der Waals surface area contributed by atoms with Crippen molar-refractivity contribution in [3.05, 3.63) is 52.3 Å². The predicted octanol–water partition coefficient (Wildman–Crippen LogP) is 2.54. The van der Waals surface area contributed by atoms with Crippen molar-refractivity contribution in [2.45, 2.75) is 33.4 Å². The molecule has 1 aromatic heterocycles. The summed E-state index contributed by atoms with van der Waals surface area (Å²) in [4.78, 5) is 11.5. The SMILES string of the molecule is Cc1nc(N2CCc3ccccc3C2)nc(C)c1CN.Cl. The van der Waals surface area contributed by atoms with Gasteiger partial charge in [-0.15, -0.1) is 12.4 Å². The van der Waals surface area contributed by atoms with E-state index in [0.29, 0.717) is 6.54 Å². The molecule has 0 amide bonds. The van der Waals surface area contributed by atoms with Gasteiger partial charge in [0.25, 0.3) is 0 Å². The fraction of sp³-hybridized carbons (Fsp3) is 0.375. The number of fused-ring (bicyclic) bond motifs is 1. The van der Waals surface area contributed by atoms with Crippen molar-refractivity contribution in [3.8, 4) is 0 Å². The van der Waals surface area contributed by atoms with Gasteiger partial charge >= 0.3 is 0 Å². The third-order valence-corrected chi connectivity index (χ3v) is 4.03. The fourth-order valence-corrected chi connectivity index (χ4v) is 2.83. The highest BCUT2D eigenvalue weighted by Crippen LogP contribution is 2.23. The van der Waals surface area contributed by atoms with E-state index in [0.717, 1.165) is 42.4 Å². The molecule has 1 aliphatic rings. The van der Waals surface area contributed by atoms with Crippen LogP contribution in [0.3, 0.4) is 0 Å². The minimum Gasteiger partial charge on any atom is -0.336 e. The molecular weight excluding hydrogens is 284 g/mol. The average molecular weight is 305 g/mol. The predicted molar refractivity (Wildman–Crippen MR) is 87.8 cm³/mol. The Morgan fingerprint density at radius 3 is 2.33 bits per heavy atom. The molecule has 1 aromatic carbocycles. The second-order valence-corrected chi connectivity index (χ2v) is 5.32. The minimum absolute atomic E-state index is 0. The topological polar surface area (TPSA) is 55.0 Å². The number of nitrogens with two attached hydrogens (primary N) is 1. The molecule has 112 valence electrons. The molecule has 0 saturated carbocycles. The Morgan fingerprint density at radius 1 is 1.10 bits per heavy atom. The zero-order valence-electron chi connectivity index (χ0n) is 12.5. The normalized spacial score (nSPS) is 13.6. The number of hydrogen-bond acceptors (Lipinski definition) is 4. The van der Waals surface area contributed by atoms with Gasteiger partial charge in [-0.2, -0.15) is 0 Å². The van der Waals surface area contributed by atoms with Gasteiger partial charge in [-0.1, -0.05) is 24.3 Å². The summed E-state index contributed by atoms with van der Waals surface area (Å²) < 4.78 is 0. The average Bonchev–Trinajstić information content (AvgIpc) is 2.46. The second kappa shape index (κ2) is 6.41. The van der Waals surface area contributed by atoms with Crippen LogP contribution in [0.2, 0.25) is 0 Å². The van der Waals surface area contributed by atoms with E-state index in [1.165, 1.54) is 11.1 Å². The number of aromatic nitrogens is 2. The van der Waals surface area contributed by atoms with Gasteiger partial charge in [0.1, 0.15) is 0 Å². The van der Waals surface area contributed by atoms with Crippen LogP contribution in [0.1, 0.15) is 28.1 Å². The van der Waals surface area contributed by atoms with Gasteiger partial charge in [-0.3, -0.25) is 0 Å². The van der Waals surface area contributed by atoms with Crippen LogP contribution in [0.15, 0.2) is 24.3 Å². The van der Waals surface area contributed by atoms with E-state index in [1.54, 1.807) is 0 Å². The highest BCUT2D eigenvalue weighted by molar-refractivity contribution is 5.85. The van der Waals surface area contributed by atoms with Crippen molar-refractivity contribution in [2.75, 3.05) is 11.4 Å². The maximum atomic E-state index is 5.75. The third-order valence-electron chi connectivity index (χ3n) is 4.03. The first-order valence-electron chi connectivity index (χ1n) is 7.05. The Bertz CT molecular complexity index is 619. The Kier molecular flexibility index (Phi) is 4.80. The maximum Gasteiger partial charge on any atom is 0.226 e. The summed E-state index contributed by atoms with van der Waals surface area (Å²) in [6.07, 6.45) is 1.05. The van der Waals surface area contributed by atoms with Crippen LogP contribution in [0.25, 0.3) is 0 Å². The molecule has 0 spiro atoms. The molecule has 21 heavy (non-hydrogen) atoms. The lowest BCUT2D eigenvalue weighted by Gasteiger charge is -2.29. The standard InChI is InChI=1S/C16H20N4.ClH/c1-11-15(9-17)12(2)19-16(18-11)20-8-7-13-5-3-4-6-14(13)10-20;/h3-6H,7-10,17H2,1-2H3;1H. The molecule has 4 nitrogen and oxygen atoms in total. The monoisotopic (exact) mass is 304 g/mol. The first-order valence-corrected chi connectivity index (χ1v) is 7.05. The molecule has 1 aliphatic heterocycles. The van der Waals surface area contributed by atoms with Crippen LogP contribution >= 0.6 is 12.4 Å². The summed E-state index contributed by atoms with van der Waals surface area (Å²) >= 11 is 0. The molecule has 2 N–H and O–H groups in total. The number of rotatable bonds is 2. The van der Waals surface area contributed by atoms with E-state index in [2.05, 4.69) is 39.1 Å². The zero-order valence-corrected chi connectivity index (χ0v) is 13.3. The van der Waals surface area contributed by atoms with Gasteiger partial charge in [0.15, 0.2) is 0 Å². The molecule has 0 unspecified atom stereocenters. The smallest absolute Gasteiger partial charge is 0.226 e. The van der Waals surface area contributed by atoms with Crippen LogP contribution < -0.4 is 10.6 Å². The largest absolute Gasteiger partial charge is 0.336 e. The fourth-order valence-electron chi connectivity index (χ4n) is 2.83. The van der Waals surface area contributed by atoms with E-state index >= 15 is 0 Å². The van der Waals surface area contributed by atoms with Crippen LogP contribution in [-0.2, 0) is 19.5 Å². The van der Waals surface area contributed by atoms with E-state index in [1.807, 2.05) is 13.8 Å². The van der Waals surface area contributed by atoms with Gasteiger partial charge in [0.2, 0.25) is 5.95 Å². The summed E-state index contributed by atoms with van der Waals surface area (Å²) in [5.41, 5.74) is 11.6. The zero-order chi connectivity index (χ0) is 14.1. The Labute approximate surface area is 131 Å². The number of hydrogen-bond donors (Lipinski definition) is 1. The lowest BCUT2D eigenvalue weighted by molar-refractivity contribution is 0.701. The van der Waals surface area contributed by atoms with Gasteiger partial charge in [0, 0.05) is 36.6 Å². The number of benzene rings is 1. The molecule has 0 radical (unpaired) electrons. The van der Waals surface area contributed by atoms with Gasteiger partial charge in [-0.05, 0) is 31.4 Å². The highest BCUT2D eigenvalue weighted by Gasteiger charge is 2.19. The Morgan fingerprint density at radius 2 is 1.71 bits per heavy atom. The van der Waals surface area contributed by atoms with Gasteiger partial charge in [0.05, 0.1) is 0 Å². The van der Waals surface area contributed by atoms with E-state index in [-0.39, 0.29) is 12.4 Å². The first-order chi connectivity index (χ1) is 9.69. The quantitative estimate of drug-likeness (QED) is 0.926. The first kappa shape index (κ1) is 15.7. The molecule has 2 aromatic rings. The van der Waals surface area contributed by atoms with Gasteiger partial charge in [-0.25, -0.2) is 9.97 Å². The summed E-state index contributed by atoms with van der Waals surface area (Å²) in [5.74, 6) is 0.826. The number of halogens is 1. The lowest BCUT2D eigenvalue weighted by Crippen LogP contribution is -2.32. The van der Waals surface area contributed by atoms with Crippen molar-refractivity contribution in [2.24, 2.45) is 5.73 Å². The van der Waals surface area contributed by atoms with Crippen molar-refractivity contribution in [1.29, 1.82) is 0 Å². The number of nitrogens with zero attached hydrogens (tertiary/aromatic N) is 3. The summed E-state index contributed by atoms with van der Waals surface area (Å²) in [7, 11) is 0. The van der Waals surface area contributed by atoms with Crippen molar-refractivity contribution >= 4 is 18.4 Å². The molecule has 0 fully saturated rings. The summed E-state index contributed by atoms with van der Waals surface area (Å²) in [5, 5.41) is 0. The van der Waals surface area contributed by atoms with E-state index in [4.69, 9.17) is 5.73 Å². The summed E-state index contributed by atoms with van der Waals surface area (Å²) in [6, 6.07) is 8.60. The highest BCUT2D eigenvalue weighted by atomic mass is 35.5. The molecule has 3 rings (SSSR count). The number of anilines is 1. The molecule has 0 aliphatic carbocycles. The van der Waals surface area contributed by atoms with Crippen molar-refractivity contribution in [3.63, 3.8) is 0 Å². The van der Waals surface area contributed by atoms with E-state index in [9.17, 15) is 0 Å². The lowest BCUT2D eigenvalue weighted by atomic mass is 10.0. The molecule has 0 bridgehead atoms. The van der Waals surface area contributed by atoms with E-state index < -0.39 is 0 Å². The molecule has 0 atom stereocenters.